The van der Waals surface area contributed by atoms with E-state index >= 15 is 0 Å². The molecule has 0 bridgehead atoms. The molecule has 26 heavy (non-hydrogen) atoms. The number of carbonyl (C=O) groups is 1. The molecular weight excluding hydrogens is 320 g/mol. The molecule has 0 atom stereocenters. The number of carbonyl (C=O) groups excluding carboxylic acids is 1. The van der Waals surface area contributed by atoms with Gasteiger partial charge in [0.05, 0.1) is 0 Å². The summed E-state index contributed by atoms with van der Waals surface area (Å²) in [6, 6.07) is 17.9. The van der Waals surface area contributed by atoms with Gasteiger partial charge in [0.2, 0.25) is 0 Å². The topological polar surface area (TPSA) is 26.3 Å². The van der Waals surface area contributed by atoms with Gasteiger partial charge >= 0.3 is 5.97 Å². The van der Waals surface area contributed by atoms with Crippen molar-refractivity contribution in [1.29, 1.82) is 0 Å². The van der Waals surface area contributed by atoms with E-state index in [0.29, 0.717) is 12.2 Å². The summed E-state index contributed by atoms with van der Waals surface area (Å²) in [5, 5.41) is 0. The van der Waals surface area contributed by atoms with Crippen molar-refractivity contribution in [2.45, 2.75) is 71.1 Å². The monoisotopic (exact) mass is 352 g/mol. The SMILES string of the molecule is CCCCCCCCCCCC(=O)Oc1ccc(-c2ccccc2)cc1. The molecule has 2 heteroatoms. The van der Waals surface area contributed by atoms with Crippen LogP contribution in [0.3, 0.4) is 0 Å². The number of rotatable bonds is 12. The Kier molecular flexibility index (Phi) is 9.56. The van der Waals surface area contributed by atoms with Crippen LogP contribution in [0.5, 0.6) is 5.75 Å². The fourth-order valence-corrected chi connectivity index (χ4v) is 3.11. The zero-order chi connectivity index (χ0) is 18.5. The van der Waals surface area contributed by atoms with E-state index < -0.39 is 0 Å². The summed E-state index contributed by atoms with van der Waals surface area (Å²) < 4.78 is 5.44. The van der Waals surface area contributed by atoms with Crippen LogP contribution in [0.15, 0.2) is 54.6 Å². The molecule has 0 fully saturated rings. The van der Waals surface area contributed by atoms with E-state index in [1.807, 2.05) is 42.5 Å². The first-order chi connectivity index (χ1) is 12.8. The van der Waals surface area contributed by atoms with Crippen molar-refractivity contribution in [1.82, 2.24) is 0 Å². The maximum absolute atomic E-state index is 12.0. The molecule has 0 aromatic heterocycles. The summed E-state index contributed by atoms with van der Waals surface area (Å²) in [6.07, 6.45) is 11.8. The van der Waals surface area contributed by atoms with Gasteiger partial charge in [-0.3, -0.25) is 4.79 Å². The summed E-state index contributed by atoms with van der Waals surface area (Å²) in [5.74, 6) is 0.506. The van der Waals surface area contributed by atoms with Crippen LogP contribution >= 0.6 is 0 Å². The number of esters is 1. The van der Waals surface area contributed by atoms with E-state index in [4.69, 9.17) is 4.74 Å². The Labute approximate surface area is 158 Å². The molecular formula is C24H32O2. The average molecular weight is 353 g/mol. The van der Waals surface area contributed by atoms with Gasteiger partial charge in [0.1, 0.15) is 5.75 Å². The lowest BCUT2D eigenvalue weighted by molar-refractivity contribution is -0.134. The number of unbranched alkanes of at least 4 members (excludes halogenated alkanes) is 8. The number of hydrogen-bond acceptors (Lipinski definition) is 2. The van der Waals surface area contributed by atoms with Crippen LogP contribution in [0.4, 0.5) is 0 Å². The van der Waals surface area contributed by atoms with E-state index in [0.717, 1.165) is 18.4 Å². The molecule has 2 aromatic rings. The molecule has 0 aliphatic rings. The summed E-state index contributed by atoms with van der Waals surface area (Å²) >= 11 is 0. The van der Waals surface area contributed by atoms with Crippen molar-refractivity contribution in [3.8, 4) is 16.9 Å². The molecule has 0 amide bonds. The lowest BCUT2D eigenvalue weighted by atomic mass is 10.1. The van der Waals surface area contributed by atoms with Crippen molar-refractivity contribution < 1.29 is 9.53 Å². The van der Waals surface area contributed by atoms with Crippen molar-refractivity contribution in [2.75, 3.05) is 0 Å². The standard InChI is InChI=1S/C24H32O2/c1-2-3-4-5-6-7-8-9-13-16-24(25)26-23-19-17-22(18-20-23)21-14-11-10-12-15-21/h10-12,14-15,17-20H,2-9,13,16H2,1H3. The molecule has 0 heterocycles. The first-order valence-electron chi connectivity index (χ1n) is 10.2. The summed E-state index contributed by atoms with van der Waals surface area (Å²) in [5.41, 5.74) is 2.30. The van der Waals surface area contributed by atoms with Crippen LogP contribution in [0, 0.1) is 0 Å². The minimum atomic E-state index is -0.125. The van der Waals surface area contributed by atoms with E-state index in [1.165, 1.54) is 50.5 Å². The minimum absolute atomic E-state index is 0.125. The van der Waals surface area contributed by atoms with Gasteiger partial charge in [-0.2, -0.15) is 0 Å². The summed E-state index contributed by atoms with van der Waals surface area (Å²) in [4.78, 5) is 12.0. The second-order valence-electron chi connectivity index (χ2n) is 6.94. The molecule has 140 valence electrons. The Morgan fingerprint density at radius 3 is 1.85 bits per heavy atom. The van der Waals surface area contributed by atoms with Crippen molar-refractivity contribution in [3.63, 3.8) is 0 Å². The molecule has 0 saturated carbocycles. The lowest BCUT2D eigenvalue weighted by Gasteiger charge is -2.06. The van der Waals surface area contributed by atoms with Crippen LogP contribution in [-0.2, 0) is 4.79 Å². The molecule has 0 spiro atoms. The van der Waals surface area contributed by atoms with Gasteiger partial charge in [-0.05, 0) is 29.7 Å². The van der Waals surface area contributed by atoms with E-state index in [1.54, 1.807) is 0 Å². The minimum Gasteiger partial charge on any atom is -0.427 e. The molecule has 2 nitrogen and oxygen atoms in total. The molecule has 2 rings (SSSR count). The smallest absolute Gasteiger partial charge is 0.311 e. The molecule has 0 aliphatic carbocycles. The first kappa shape index (κ1) is 20.2. The number of benzene rings is 2. The van der Waals surface area contributed by atoms with Crippen molar-refractivity contribution in [2.24, 2.45) is 0 Å². The fraction of sp³-hybridized carbons (Fsp3) is 0.458. The first-order valence-corrected chi connectivity index (χ1v) is 10.2. The predicted octanol–water partition coefficient (Wildman–Crippen LogP) is 7.18. The largest absolute Gasteiger partial charge is 0.427 e. The third kappa shape index (κ3) is 7.86. The molecule has 0 N–H and O–H groups in total. The number of ether oxygens (including phenoxy) is 1. The van der Waals surface area contributed by atoms with Crippen LogP contribution in [0.1, 0.15) is 71.1 Å². The van der Waals surface area contributed by atoms with Crippen LogP contribution < -0.4 is 4.74 Å². The zero-order valence-electron chi connectivity index (χ0n) is 16.1. The fourth-order valence-electron chi connectivity index (χ4n) is 3.11. The second kappa shape index (κ2) is 12.3. The Bertz CT molecular complexity index is 616. The normalized spacial score (nSPS) is 10.7. The maximum Gasteiger partial charge on any atom is 0.311 e. The van der Waals surface area contributed by atoms with E-state index in [9.17, 15) is 4.79 Å². The van der Waals surface area contributed by atoms with Crippen molar-refractivity contribution in [3.05, 3.63) is 54.6 Å². The van der Waals surface area contributed by atoms with Gasteiger partial charge < -0.3 is 4.74 Å². The van der Waals surface area contributed by atoms with E-state index in [2.05, 4.69) is 19.1 Å². The Morgan fingerprint density at radius 2 is 1.23 bits per heavy atom. The summed E-state index contributed by atoms with van der Waals surface area (Å²) in [6.45, 7) is 2.25. The van der Waals surface area contributed by atoms with Gasteiger partial charge in [0.15, 0.2) is 0 Å². The van der Waals surface area contributed by atoms with Gasteiger partial charge in [-0.25, -0.2) is 0 Å². The van der Waals surface area contributed by atoms with Gasteiger partial charge in [-0.15, -0.1) is 0 Å². The highest BCUT2D eigenvalue weighted by Crippen LogP contribution is 2.22. The van der Waals surface area contributed by atoms with Gasteiger partial charge in [0, 0.05) is 6.42 Å². The molecule has 0 aliphatic heterocycles. The lowest BCUT2D eigenvalue weighted by Crippen LogP contribution is -2.07. The van der Waals surface area contributed by atoms with Crippen LogP contribution in [0.25, 0.3) is 11.1 Å². The highest BCUT2D eigenvalue weighted by Gasteiger charge is 2.05. The predicted molar refractivity (Wildman–Crippen MR) is 109 cm³/mol. The molecule has 2 aromatic carbocycles. The Balaban J connectivity index is 1.59. The molecule has 0 saturated heterocycles. The van der Waals surface area contributed by atoms with Crippen molar-refractivity contribution >= 4 is 5.97 Å². The van der Waals surface area contributed by atoms with Crippen LogP contribution in [0.2, 0.25) is 0 Å². The van der Waals surface area contributed by atoms with Gasteiger partial charge in [-0.1, -0.05) is 101 Å². The Morgan fingerprint density at radius 1 is 0.692 bits per heavy atom. The maximum atomic E-state index is 12.0. The zero-order valence-corrected chi connectivity index (χ0v) is 16.1. The quantitative estimate of drug-likeness (QED) is 0.230. The third-order valence-electron chi connectivity index (χ3n) is 4.68. The van der Waals surface area contributed by atoms with E-state index in [-0.39, 0.29) is 5.97 Å². The second-order valence-corrected chi connectivity index (χ2v) is 6.94. The highest BCUT2D eigenvalue weighted by molar-refractivity contribution is 5.73. The van der Waals surface area contributed by atoms with Gasteiger partial charge in [0.25, 0.3) is 0 Å². The van der Waals surface area contributed by atoms with Crippen LogP contribution in [-0.4, -0.2) is 5.97 Å². The number of hydrogen-bond donors (Lipinski definition) is 0. The third-order valence-corrected chi connectivity index (χ3v) is 4.68. The highest BCUT2D eigenvalue weighted by atomic mass is 16.5. The Hall–Kier alpha value is -2.09. The average Bonchev–Trinajstić information content (AvgIpc) is 2.68. The molecule has 0 unspecified atom stereocenters. The summed E-state index contributed by atoms with van der Waals surface area (Å²) in [7, 11) is 0. The molecule has 0 radical (unpaired) electrons.